The van der Waals surface area contributed by atoms with Crippen molar-refractivity contribution in [3.05, 3.63) is 36.4 Å². The van der Waals surface area contributed by atoms with Crippen LogP contribution in [0.4, 0.5) is 5.69 Å². The van der Waals surface area contributed by atoms with Gasteiger partial charge in [0.05, 0.1) is 7.11 Å². The molecule has 0 aliphatic rings. The Hall–Kier alpha value is -2.31. The lowest BCUT2D eigenvalue weighted by atomic mass is 10.1. The number of carbonyl (C=O) groups excluding carboxylic acids is 2. The van der Waals surface area contributed by atoms with Crippen molar-refractivity contribution in [2.75, 3.05) is 25.6 Å². The molecule has 2 aromatic carbocycles. The summed E-state index contributed by atoms with van der Waals surface area (Å²) in [5.41, 5.74) is 6.12. The number of hydrogen-bond acceptors (Lipinski definition) is 5. The van der Waals surface area contributed by atoms with Crippen LogP contribution in [-0.2, 0) is 14.3 Å². The van der Waals surface area contributed by atoms with Crippen molar-refractivity contribution in [3.8, 4) is 5.75 Å². The molecule has 3 N–H and O–H groups in total. The lowest BCUT2D eigenvalue weighted by Gasteiger charge is -2.13. The summed E-state index contributed by atoms with van der Waals surface area (Å²) in [6.07, 6.45) is 1.02. The predicted molar refractivity (Wildman–Crippen MR) is 95.6 cm³/mol. The molecular formula is C17H21ClN2O4. The molecule has 0 radical (unpaired) electrons. The van der Waals surface area contributed by atoms with Crippen molar-refractivity contribution < 1.29 is 19.1 Å². The van der Waals surface area contributed by atoms with E-state index in [-0.39, 0.29) is 24.9 Å². The summed E-state index contributed by atoms with van der Waals surface area (Å²) in [4.78, 5) is 23.1. The van der Waals surface area contributed by atoms with Gasteiger partial charge in [-0.05, 0) is 25.1 Å². The number of anilines is 1. The van der Waals surface area contributed by atoms with Gasteiger partial charge in [-0.15, -0.1) is 12.4 Å². The van der Waals surface area contributed by atoms with Gasteiger partial charge in [-0.3, -0.25) is 4.79 Å². The van der Waals surface area contributed by atoms with Gasteiger partial charge in [-0.2, -0.15) is 0 Å². The Kier molecular flexibility index (Phi) is 8.01. The number of fused-ring (bicyclic) bond motifs is 1. The van der Waals surface area contributed by atoms with Crippen LogP contribution in [-0.4, -0.2) is 32.1 Å². The lowest BCUT2D eigenvalue weighted by Crippen LogP contribution is -2.14. The summed E-state index contributed by atoms with van der Waals surface area (Å²) in [6.45, 7) is 0.317. The quantitative estimate of drug-likeness (QED) is 0.747. The lowest BCUT2D eigenvalue weighted by molar-refractivity contribution is -0.142. The van der Waals surface area contributed by atoms with Gasteiger partial charge in [0.15, 0.2) is 6.61 Å². The molecule has 7 heteroatoms. The normalized spacial score (nSPS) is 9.92. The molecule has 0 bridgehead atoms. The Morgan fingerprint density at radius 1 is 1.12 bits per heavy atom. The maximum atomic E-state index is 11.9. The van der Waals surface area contributed by atoms with E-state index in [4.69, 9.17) is 10.5 Å². The molecule has 0 fully saturated rings. The fourth-order valence-corrected chi connectivity index (χ4v) is 2.18. The Labute approximate surface area is 146 Å². The third-order valence-corrected chi connectivity index (χ3v) is 3.34. The van der Waals surface area contributed by atoms with Gasteiger partial charge >= 0.3 is 5.97 Å². The number of nitrogens with two attached hydrogens (primary N) is 1. The number of rotatable bonds is 7. The van der Waals surface area contributed by atoms with E-state index in [1.807, 2.05) is 24.3 Å². The van der Waals surface area contributed by atoms with Crippen molar-refractivity contribution in [2.45, 2.75) is 12.8 Å². The SMILES string of the molecule is COC(=O)COc1ccc(NC(=O)CCCN)c2ccccc12.Cl. The van der Waals surface area contributed by atoms with E-state index in [2.05, 4.69) is 10.1 Å². The zero-order valence-corrected chi connectivity index (χ0v) is 14.2. The Morgan fingerprint density at radius 2 is 1.83 bits per heavy atom. The van der Waals surface area contributed by atoms with Crippen LogP contribution < -0.4 is 15.8 Å². The molecule has 0 aromatic heterocycles. The number of amides is 1. The topological polar surface area (TPSA) is 90.6 Å². The Bertz CT molecular complexity index is 706. The van der Waals surface area contributed by atoms with Gasteiger partial charge in [0.2, 0.25) is 5.91 Å². The van der Waals surface area contributed by atoms with Gasteiger partial charge in [-0.25, -0.2) is 4.79 Å². The summed E-state index contributed by atoms with van der Waals surface area (Å²) >= 11 is 0. The summed E-state index contributed by atoms with van der Waals surface area (Å²) in [5.74, 6) is 0.0306. The van der Waals surface area contributed by atoms with Crippen LogP contribution in [0.1, 0.15) is 12.8 Å². The highest BCUT2D eigenvalue weighted by Gasteiger charge is 2.10. The molecule has 0 atom stereocenters. The highest BCUT2D eigenvalue weighted by Crippen LogP contribution is 2.31. The third-order valence-electron chi connectivity index (χ3n) is 3.34. The summed E-state index contributed by atoms with van der Waals surface area (Å²) in [7, 11) is 1.31. The molecule has 0 heterocycles. The number of methoxy groups -OCH3 is 1. The van der Waals surface area contributed by atoms with Gasteiger partial charge in [0.25, 0.3) is 0 Å². The Morgan fingerprint density at radius 3 is 2.50 bits per heavy atom. The minimum atomic E-state index is -0.451. The minimum absolute atomic E-state index is 0. The molecule has 0 spiro atoms. The fraction of sp³-hybridized carbons (Fsp3) is 0.294. The maximum Gasteiger partial charge on any atom is 0.343 e. The molecule has 2 aromatic rings. The van der Waals surface area contributed by atoms with Crippen LogP contribution in [0.25, 0.3) is 10.8 Å². The third kappa shape index (κ3) is 5.11. The molecular weight excluding hydrogens is 332 g/mol. The van der Waals surface area contributed by atoms with E-state index in [1.54, 1.807) is 12.1 Å². The number of carbonyl (C=O) groups is 2. The van der Waals surface area contributed by atoms with Gasteiger partial charge in [-0.1, -0.05) is 24.3 Å². The van der Waals surface area contributed by atoms with Gasteiger partial charge in [0.1, 0.15) is 5.75 Å². The first-order valence-corrected chi connectivity index (χ1v) is 7.37. The van der Waals surface area contributed by atoms with Gasteiger partial charge in [0, 0.05) is 22.9 Å². The van der Waals surface area contributed by atoms with Crippen LogP contribution in [0.15, 0.2) is 36.4 Å². The van der Waals surface area contributed by atoms with E-state index in [0.29, 0.717) is 30.8 Å². The van der Waals surface area contributed by atoms with Crippen molar-refractivity contribution in [3.63, 3.8) is 0 Å². The second-order valence-corrected chi connectivity index (χ2v) is 4.96. The number of halogens is 1. The van der Waals surface area contributed by atoms with Crippen LogP contribution >= 0.6 is 12.4 Å². The first-order valence-electron chi connectivity index (χ1n) is 7.37. The molecule has 0 saturated heterocycles. The van der Waals surface area contributed by atoms with E-state index >= 15 is 0 Å². The average Bonchev–Trinajstić information content (AvgIpc) is 2.59. The molecule has 1 amide bonds. The molecule has 0 saturated carbocycles. The first kappa shape index (κ1) is 19.7. The van der Waals surface area contributed by atoms with Crippen molar-refractivity contribution in [2.24, 2.45) is 5.73 Å². The highest BCUT2D eigenvalue weighted by atomic mass is 35.5. The van der Waals surface area contributed by atoms with Crippen LogP contribution in [0, 0.1) is 0 Å². The number of hydrogen-bond donors (Lipinski definition) is 2. The average molecular weight is 353 g/mol. The number of ether oxygens (including phenoxy) is 2. The first-order chi connectivity index (χ1) is 11.2. The van der Waals surface area contributed by atoms with Crippen LogP contribution in [0.3, 0.4) is 0 Å². The van der Waals surface area contributed by atoms with Crippen molar-refractivity contribution >= 4 is 40.7 Å². The van der Waals surface area contributed by atoms with Gasteiger partial charge < -0.3 is 20.5 Å². The molecule has 24 heavy (non-hydrogen) atoms. The highest BCUT2D eigenvalue weighted by molar-refractivity contribution is 6.04. The smallest absolute Gasteiger partial charge is 0.343 e. The van der Waals surface area contributed by atoms with Crippen molar-refractivity contribution in [1.29, 1.82) is 0 Å². The molecule has 6 nitrogen and oxygen atoms in total. The number of nitrogens with one attached hydrogen (secondary N) is 1. The molecule has 0 aliphatic carbocycles. The fourth-order valence-electron chi connectivity index (χ4n) is 2.18. The summed E-state index contributed by atoms with van der Waals surface area (Å²) in [5, 5.41) is 4.54. The van der Waals surface area contributed by atoms with E-state index in [1.165, 1.54) is 7.11 Å². The van der Waals surface area contributed by atoms with Crippen LogP contribution in [0.2, 0.25) is 0 Å². The predicted octanol–water partition coefficient (Wildman–Crippen LogP) is 2.49. The molecule has 2 rings (SSSR count). The monoisotopic (exact) mass is 352 g/mol. The second-order valence-electron chi connectivity index (χ2n) is 4.96. The maximum absolute atomic E-state index is 11.9. The Balaban J connectivity index is 0.00000288. The summed E-state index contributed by atoms with van der Waals surface area (Å²) < 4.78 is 10.1. The second kappa shape index (κ2) is 9.75. The molecule has 130 valence electrons. The number of benzene rings is 2. The minimum Gasteiger partial charge on any atom is -0.481 e. The zero-order chi connectivity index (χ0) is 16.7. The largest absolute Gasteiger partial charge is 0.481 e. The van der Waals surface area contributed by atoms with E-state index < -0.39 is 5.97 Å². The zero-order valence-electron chi connectivity index (χ0n) is 13.4. The molecule has 0 unspecified atom stereocenters. The van der Waals surface area contributed by atoms with E-state index in [9.17, 15) is 9.59 Å². The standard InChI is InChI=1S/C17H20N2O4.ClH/c1-22-17(21)11-23-15-9-8-14(19-16(20)7-4-10-18)12-5-2-3-6-13(12)15;/h2-3,5-6,8-9H,4,7,10-11,18H2,1H3,(H,19,20);1H. The van der Waals surface area contributed by atoms with Crippen molar-refractivity contribution in [1.82, 2.24) is 0 Å². The molecule has 0 aliphatic heterocycles. The van der Waals surface area contributed by atoms with Crippen LogP contribution in [0.5, 0.6) is 5.75 Å². The number of esters is 1. The summed E-state index contributed by atoms with van der Waals surface area (Å²) in [6, 6.07) is 11.0. The van der Waals surface area contributed by atoms with E-state index in [0.717, 1.165) is 10.8 Å².